The third kappa shape index (κ3) is 3.59. The largest absolute Gasteiger partial charge is 0.495 e. The summed E-state index contributed by atoms with van der Waals surface area (Å²) in [5, 5.41) is 0.646. The number of carbonyl (C=O) groups excluding carboxylic acids is 2. The number of hydrogen-bond donors (Lipinski definition) is 0. The monoisotopic (exact) mass is 392 g/mol. The fraction of sp³-hybridized carbons (Fsp3) is 0.227. The molecule has 4 rings (SSSR count). The lowest BCUT2D eigenvalue weighted by molar-refractivity contribution is -0.127. The molecule has 0 saturated carbocycles. The van der Waals surface area contributed by atoms with Crippen LogP contribution in [0.25, 0.3) is 11.0 Å². The van der Waals surface area contributed by atoms with Gasteiger partial charge in [-0.05, 0) is 30.7 Å². The molecule has 0 spiro atoms. The fourth-order valence-corrected chi connectivity index (χ4v) is 3.48. The molecule has 29 heavy (non-hydrogen) atoms. The summed E-state index contributed by atoms with van der Waals surface area (Å²) in [7, 11) is 1.51. The average Bonchev–Trinajstić information content (AvgIpc) is 3.15. The van der Waals surface area contributed by atoms with Gasteiger partial charge in [-0.3, -0.25) is 14.5 Å². The van der Waals surface area contributed by atoms with Gasteiger partial charge < -0.3 is 14.1 Å². The molecular formula is C22H20N2O5. The van der Waals surface area contributed by atoms with Gasteiger partial charge in [-0.15, -0.1) is 0 Å². The van der Waals surface area contributed by atoms with Crippen molar-refractivity contribution in [1.29, 1.82) is 0 Å². The molecule has 1 saturated heterocycles. The number of rotatable bonds is 5. The Kier molecular flexibility index (Phi) is 5.03. The number of fused-ring (bicyclic) bond motifs is 1. The molecule has 1 aliphatic rings. The van der Waals surface area contributed by atoms with Crippen molar-refractivity contribution in [2.75, 3.05) is 25.2 Å². The first kappa shape index (κ1) is 18.7. The second kappa shape index (κ2) is 7.79. The molecule has 0 N–H and O–H groups in total. The van der Waals surface area contributed by atoms with Gasteiger partial charge in [0.1, 0.15) is 23.6 Å². The summed E-state index contributed by atoms with van der Waals surface area (Å²) in [4.78, 5) is 41.2. The highest BCUT2D eigenvalue weighted by molar-refractivity contribution is 6.08. The third-order valence-electron chi connectivity index (χ3n) is 4.98. The van der Waals surface area contributed by atoms with E-state index in [1.165, 1.54) is 18.1 Å². The summed E-state index contributed by atoms with van der Waals surface area (Å²) in [6.07, 6.45) is 1.19. The standard InChI is InChI=1S/C22H20N2O5/c1-28-19-10-5-3-8-17(19)24(14-23-12-6-11-20(23)25)21(26)16-13-15-7-2-4-9-18(15)29-22(16)27/h2-5,7-10,13H,6,11-12,14H2,1H3. The lowest BCUT2D eigenvalue weighted by Crippen LogP contribution is -2.43. The van der Waals surface area contributed by atoms with E-state index >= 15 is 0 Å². The first-order valence-corrected chi connectivity index (χ1v) is 9.34. The molecule has 0 bridgehead atoms. The topological polar surface area (TPSA) is 80.1 Å². The molecule has 0 radical (unpaired) electrons. The van der Waals surface area contributed by atoms with E-state index in [2.05, 4.69) is 0 Å². The molecule has 148 valence electrons. The van der Waals surface area contributed by atoms with Crippen molar-refractivity contribution in [1.82, 2.24) is 4.90 Å². The zero-order chi connectivity index (χ0) is 20.4. The molecule has 2 heterocycles. The second-order valence-electron chi connectivity index (χ2n) is 6.79. The fourth-order valence-electron chi connectivity index (χ4n) is 3.48. The number of para-hydroxylation sites is 3. The lowest BCUT2D eigenvalue weighted by Gasteiger charge is -2.29. The number of ether oxygens (including phenoxy) is 1. The van der Waals surface area contributed by atoms with Crippen LogP contribution in [0.4, 0.5) is 5.69 Å². The van der Waals surface area contributed by atoms with Crippen LogP contribution in [-0.2, 0) is 4.79 Å². The molecule has 7 heteroatoms. The Balaban J connectivity index is 1.80. The summed E-state index contributed by atoms with van der Waals surface area (Å²) in [5.41, 5.74) is 0.0717. The minimum atomic E-state index is -0.721. The van der Waals surface area contributed by atoms with Crippen molar-refractivity contribution >= 4 is 28.5 Å². The Bertz CT molecular complexity index is 1140. The number of nitrogens with zero attached hydrogens (tertiary/aromatic N) is 2. The van der Waals surface area contributed by atoms with E-state index in [1.807, 2.05) is 0 Å². The molecule has 1 fully saturated rings. The molecule has 1 aromatic heterocycles. The minimum Gasteiger partial charge on any atom is -0.495 e. The first-order valence-electron chi connectivity index (χ1n) is 9.34. The van der Waals surface area contributed by atoms with Crippen LogP contribution in [-0.4, -0.2) is 37.0 Å². The highest BCUT2D eigenvalue weighted by Crippen LogP contribution is 2.30. The number of anilines is 1. The maximum Gasteiger partial charge on any atom is 0.349 e. The normalized spacial score (nSPS) is 13.7. The van der Waals surface area contributed by atoms with Gasteiger partial charge in [0.25, 0.3) is 5.91 Å². The van der Waals surface area contributed by atoms with Crippen molar-refractivity contribution in [3.8, 4) is 5.75 Å². The van der Waals surface area contributed by atoms with E-state index in [0.29, 0.717) is 35.4 Å². The van der Waals surface area contributed by atoms with Crippen LogP contribution >= 0.6 is 0 Å². The number of likely N-dealkylation sites (tertiary alicyclic amines) is 1. The molecular weight excluding hydrogens is 372 g/mol. The minimum absolute atomic E-state index is 0.0248. The van der Waals surface area contributed by atoms with E-state index in [4.69, 9.17) is 9.15 Å². The van der Waals surface area contributed by atoms with E-state index in [9.17, 15) is 14.4 Å². The van der Waals surface area contributed by atoms with Crippen LogP contribution in [0, 0.1) is 0 Å². The predicted octanol–water partition coefficient (Wildman–Crippen LogP) is 3.03. The van der Waals surface area contributed by atoms with E-state index in [-0.39, 0.29) is 18.1 Å². The Morgan fingerprint density at radius 2 is 1.90 bits per heavy atom. The molecule has 0 atom stereocenters. The van der Waals surface area contributed by atoms with Gasteiger partial charge in [0.2, 0.25) is 5.91 Å². The van der Waals surface area contributed by atoms with Crippen LogP contribution in [0.5, 0.6) is 5.75 Å². The average molecular weight is 392 g/mol. The Hall–Kier alpha value is -3.61. The molecule has 2 aromatic carbocycles. The summed E-state index contributed by atoms with van der Waals surface area (Å²) >= 11 is 0. The summed E-state index contributed by atoms with van der Waals surface area (Å²) in [6, 6.07) is 15.5. The van der Waals surface area contributed by atoms with Crippen LogP contribution < -0.4 is 15.3 Å². The van der Waals surface area contributed by atoms with Crippen molar-refractivity contribution in [2.45, 2.75) is 12.8 Å². The van der Waals surface area contributed by atoms with Gasteiger partial charge >= 0.3 is 5.63 Å². The lowest BCUT2D eigenvalue weighted by atomic mass is 10.1. The first-order chi connectivity index (χ1) is 14.1. The predicted molar refractivity (Wildman–Crippen MR) is 108 cm³/mol. The summed E-state index contributed by atoms with van der Waals surface area (Å²) < 4.78 is 10.7. The SMILES string of the molecule is COc1ccccc1N(CN1CCCC1=O)C(=O)c1cc2ccccc2oc1=O. The maximum absolute atomic E-state index is 13.4. The highest BCUT2D eigenvalue weighted by Gasteiger charge is 2.29. The second-order valence-corrected chi connectivity index (χ2v) is 6.79. The van der Waals surface area contributed by atoms with Gasteiger partial charge in [-0.25, -0.2) is 4.79 Å². The van der Waals surface area contributed by atoms with Crippen LogP contribution in [0.3, 0.4) is 0 Å². The van der Waals surface area contributed by atoms with Crippen LogP contribution in [0.1, 0.15) is 23.2 Å². The molecule has 0 aliphatic carbocycles. The Morgan fingerprint density at radius 1 is 1.14 bits per heavy atom. The molecule has 0 unspecified atom stereocenters. The van der Waals surface area contributed by atoms with Crippen molar-refractivity contribution in [3.63, 3.8) is 0 Å². The number of hydrogen-bond acceptors (Lipinski definition) is 5. The van der Waals surface area contributed by atoms with Gasteiger partial charge in [0.05, 0.1) is 12.8 Å². The quantitative estimate of drug-likeness (QED) is 0.624. The number of methoxy groups -OCH3 is 1. The van der Waals surface area contributed by atoms with Crippen molar-refractivity contribution in [3.05, 3.63) is 70.6 Å². The van der Waals surface area contributed by atoms with Gasteiger partial charge in [0.15, 0.2) is 0 Å². The third-order valence-corrected chi connectivity index (χ3v) is 4.98. The van der Waals surface area contributed by atoms with Gasteiger partial charge in [-0.1, -0.05) is 30.3 Å². The van der Waals surface area contributed by atoms with Crippen molar-refractivity contribution < 1.29 is 18.7 Å². The van der Waals surface area contributed by atoms with Gasteiger partial charge in [0, 0.05) is 18.4 Å². The Morgan fingerprint density at radius 3 is 2.66 bits per heavy atom. The van der Waals surface area contributed by atoms with E-state index in [0.717, 1.165) is 6.42 Å². The molecule has 3 aromatic rings. The highest BCUT2D eigenvalue weighted by atomic mass is 16.5. The molecule has 7 nitrogen and oxygen atoms in total. The Labute approximate surface area is 167 Å². The number of carbonyl (C=O) groups is 2. The van der Waals surface area contributed by atoms with Crippen LogP contribution in [0.2, 0.25) is 0 Å². The smallest absolute Gasteiger partial charge is 0.349 e. The van der Waals surface area contributed by atoms with Crippen LogP contribution in [0.15, 0.2) is 63.8 Å². The molecule has 2 amide bonds. The summed E-state index contributed by atoms with van der Waals surface area (Å²) in [6.45, 7) is 0.592. The van der Waals surface area contributed by atoms with E-state index in [1.54, 1.807) is 53.4 Å². The van der Waals surface area contributed by atoms with Crippen molar-refractivity contribution in [2.24, 2.45) is 0 Å². The zero-order valence-electron chi connectivity index (χ0n) is 16.0. The van der Waals surface area contributed by atoms with Gasteiger partial charge in [-0.2, -0.15) is 0 Å². The number of amides is 2. The molecule has 1 aliphatic heterocycles. The maximum atomic E-state index is 13.4. The number of benzene rings is 2. The van der Waals surface area contributed by atoms with E-state index < -0.39 is 11.5 Å². The zero-order valence-corrected chi connectivity index (χ0v) is 16.0. The summed E-state index contributed by atoms with van der Waals surface area (Å²) in [5.74, 6) is -0.102.